The number of rotatable bonds is 6. The zero-order valence-corrected chi connectivity index (χ0v) is 13.7. The topological polar surface area (TPSA) is 40.5 Å². The maximum Gasteiger partial charge on any atom is 0.115 e. The maximum atomic E-state index is 9.59. The zero-order chi connectivity index (χ0) is 16.1. The first-order chi connectivity index (χ1) is 10.5. The third-order valence-electron chi connectivity index (χ3n) is 4.48. The number of hydrogen-bond donors (Lipinski definition) is 2. The number of hydrogen-bond acceptors (Lipinski definition) is 2. The van der Waals surface area contributed by atoms with Crippen LogP contribution in [-0.2, 0) is 0 Å². The van der Waals surface area contributed by atoms with Crippen molar-refractivity contribution < 1.29 is 10.2 Å². The molecule has 0 aromatic heterocycles. The van der Waals surface area contributed by atoms with Crippen LogP contribution in [0, 0.1) is 0 Å². The molecule has 0 bridgehead atoms. The van der Waals surface area contributed by atoms with E-state index in [-0.39, 0.29) is 0 Å². The third-order valence-corrected chi connectivity index (χ3v) is 4.48. The molecule has 0 radical (unpaired) electrons. The maximum absolute atomic E-state index is 9.59. The Kier molecular flexibility index (Phi) is 5.62. The van der Waals surface area contributed by atoms with E-state index in [1.165, 1.54) is 11.1 Å². The van der Waals surface area contributed by atoms with Gasteiger partial charge in [0.25, 0.3) is 0 Å². The van der Waals surface area contributed by atoms with Crippen LogP contribution < -0.4 is 0 Å². The smallest absolute Gasteiger partial charge is 0.115 e. The van der Waals surface area contributed by atoms with Crippen molar-refractivity contribution in [2.45, 2.75) is 51.6 Å². The lowest BCUT2D eigenvalue weighted by atomic mass is 9.84. The van der Waals surface area contributed by atoms with Crippen molar-refractivity contribution in [3.63, 3.8) is 0 Å². The molecule has 0 spiro atoms. The largest absolute Gasteiger partial charge is 0.508 e. The lowest BCUT2D eigenvalue weighted by Gasteiger charge is -2.21. The number of benzene rings is 2. The summed E-state index contributed by atoms with van der Waals surface area (Å²) in [5, 5.41) is 19.0. The molecule has 0 fully saturated rings. The Hall–Kier alpha value is -1.80. The van der Waals surface area contributed by atoms with E-state index < -0.39 is 6.10 Å². The normalized spacial score (nSPS) is 15.3. The molecule has 0 heterocycles. The number of aliphatic hydroxyl groups is 1. The van der Waals surface area contributed by atoms with E-state index in [2.05, 4.69) is 26.0 Å². The summed E-state index contributed by atoms with van der Waals surface area (Å²) < 4.78 is 0. The molecular weight excluding hydrogens is 272 g/mol. The van der Waals surface area contributed by atoms with Gasteiger partial charge in [-0.3, -0.25) is 0 Å². The fraction of sp³-hybridized carbons (Fsp3) is 0.400. The molecule has 2 aromatic carbocycles. The van der Waals surface area contributed by atoms with E-state index in [0.29, 0.717) is 17.6 Å². The van der Waals surface area contributed by atoms with E-state index in [1.54, 1.807) is 19.1 Å². The predicted octanol–water partition coefficient (Wildman–Crippen LogP) is 5.13. The predicted molar refractivity (Wildman–Crippen MR) is 91.2 cm³/mol. The summed E-state index contributed by atoms with van der Waals surface area (Å²) in [4.78, 5) is 0. The molecule has 0 saturated heterocycles. The van der Waals surface area contributed by atoms with Crippen LogP contribution in [-0.4, -0.2) is 10.2 Å². The average molecular weight is 298 g/mol. The van der Waals surface area contributed by atoms with Gasteiger partial charge in [0.15, 0.2) is 0 Å². The molecule has 2 nitrogen and oxygen atoms in total. The molecule has 2 N–H and O–H groups in total. The monoisotopic (exact) mass is 298 g/mol. The van der Waals surface area contributed by atoms with Crippen molar-refractivity contribution >= 4 is 0 Å². The quantitative estimate of drug-likeness (QED) is 0.776. The summed E-state index contributed by atoms with van der Waals surface area (Å²) in [6.07, 6.45) is 1.75. The van der Waals surface area contributed by atoms with Crippen LogP contribution in [0.3, 0.4) is 0 Å². The van der Waals surface area contributed by atoms with Gasteiger partial charge in [0.1, 0.15) is 5.75 Å². The van der Waals surface area contributed by atoms with E-state index in [9.17, 15) is 10.2 Å². The molecule has 0 saturated carbocycles. The fourth-order valence-electron chi connectivity index (χ4n) is 2.95. The Balaban J connectivity index is 2.08. The van der Waals surface area contributed by atoms with Crippen LogP contribution in [0.1, 0.15) is 68.2 Å². The van der Waals surface area contributed by atoms with Crippen LogP contribution in [0.25, 0.3) is 0 Å². The summed E-state index contributed by atoms with van der Waals surface area (Å²) >= 11 is 0. The van der Waals surface area contributed by atoms with Gasteiger partial charge in [-0.2, -0.15) is 0 Å². The van der Waals surface area contributed by atoms with Crippen LogP contribution in [0.4, 0.5) is 0 Å². The van der Waals surface area contributed by atoms with Crippen LogP contribution in [0.2, 0.25) is 0 Å². The Morgan fingerprint density at radius 3 is 1.82 bits per heavy atom. The van der Waals surface area contributed by atoms with Gasteiger partial charge >= 0.3 is 0 Å². The molecule has 3 atom stereocenters. The summed E-state index contributed by atoms with van der Waals surface area (Å²) in [7, 11) is 0. The molecular formula is C20H26O2. The summed E-state index contributed by atoms with van der Waals surface area (Å²) in [6, 6.07) is 15.8. The highest BCUT2D eigenvalue weighted by Gasteiger charge is 2.15. The molecule has 0 aliphatic rings. The first-order valence-electron chi connectivity index (χ1n) is 8.08. The highest BCUT2D eigenvalue weighted by atomic mass is 16.3. The fourth-order valence-corrected chi connectivity index (χ4v) is 2.95. The third kappa shape index (κ3) is 4.11. The summed E-state index contributed by atoms with van der Waals surface area (Å²) in [6.45, 7) is 6.25. The minimum Gasteiger partial charge on any atom is -0.508 e. The SMILES string of the molecule is CCC(CC(C)c1ccc(C(C)O)cc1)c1ccc(O)cc1. The second kappa shape index (κ2) is 7.46. The highest BCUT2D eigenvalue weighted by molar-refractivity contribution is 5.30. The first-order valence-corrected chi connectivity index (χ1v) is 8.08. The van der Waals surface area contributed by atoms with E-state index >= 15 is 0 Å². The molecule has 2 heteroatoms. The standard InChI is InChI=1S/C20H26O2/c1-4-16(19-9-11-20(22)12-10-19)13-14(2)17-5-7-18(8-6-17)15(3)21/h5-12,14-16,21-22H,4,13H2,1-3H3. The van der Waals surface area contributed by atoms with E-state index in [4.69, 9.17) is 0 Å². The van der Waals surface area contributed by atoms with Crippen molar-refractivity contribution in [1.29, 1.82) is 0 Å². The van der Waals surface area contributed by atoms with E-state index in [0.717, 1.165) is 18.4 Å². The number of aromatic hydroxyl groups is 1. The average Bonchev–Trinajstić information content (AvgIpc) is 2.53. The van der Waals surface area contributed by atoms with Crippen LogP contribution >= 0.6 is 0 Å². The van der Waals surface area contributed by atoms with Crippen molar-refractivity contribution in [1.82, 2.24) is 0 Å². The number of phenols is 1. The van der Waals surface area contributed by atoms with Gasteiger partial charge in [-0.15, -0.1) is 0 Å². The van der Waals surface area contributed by atoms with Crippen LogP contribution in [0.15, 0.2) is 48.5 Å². The Labute approximate surface area is 133 Å². The summed E-state index contributed by atoms with van der Waals surface area (Å²) in [5.74, 6) is 1.27. The van der Waals surface area contributed by atoms with Gasteiger partial charge in [0.2, 0.25) is 0 Å². The van der Waals surface area contributed by atoms with E-state index in [1.807, 2.05) is 24.3 Å². The minimum absolute atomic E-state index is 0.320. The summed E-state index contributed by atoms with van der Waals surface area (Å²) in [5.41, 5.74) is 3.55. The molecule has 0 aliphatic heterocycles. The van der Waals surface area contributed by atoms with Gasteiger partial charge in [-0.25, -0.2) is 0 Å². The molecule has 2 aromatic rings. The Morgan fingerprint density at radius 1 is 0.818 bits per heavy atom. The van der Waals surface area contributed by atoms with Gasteiger partial charge in [0, 0.05) is 0 Å². The van der Waals surface area contributed by atoms with Gasteiger partial charge in [-0.1, -0.05) is 50.2 Å². The molecule has 0 aliphatic carbocycles. The lowest BCUT2D eigenvalue weighted by Crippen LogP contribution is -2.04. The van der Waals surface area contributed by atoms with Crippen LogP contribution in [0.5, 0.6) is 5.75 Å². The highest BCUT2D eigenvalue weighted by Crippen LogP contribution is 2.33. The first kappa shape index (κ1) is 16.6. The van der Waals surface area contributed by atoms with Crippen molar-refractivity contribution in [3.8, 4) is 5.75 Å². The van der Waals surface area contributed by atoms with Gasteiger partial charge in [0.05, 0.1) is 6.10 Å². The Morgan fingerprint density at radius 2 is 1.32 bits per heavy atom. The molecule has 0 amide bonds. The molecule has 2 rings (SSSR count). The number of phenolic OH excluding ortho intramolecular Hbond substituents is 1. The van der Waals surface area contributed by atoms with Gasteiger partial charge < -0.3 is 10.2 Å². The lowest BCUT2D eigenvalue weighted by molar-refractivity contribution is 0.199. The second-order valence-corrected chi connectivity index (χ2v) is 6.18. The minimum atomic E-state index is -0.412. The molecule has 118 valence electrons. The van der Waals surface area contributed by atoms with Gasteiger partial charge in [-0.05, 0) is 60.4 Å². The van der Waals surface area contributed by atoms with Crippen molar-refractivity contribution in [2.75, 3.05) is 0 Å². The molecule has 22 heavy (non-hydrogen) atoms. The zero-order valence-electron chi connectivity index (χ0n) is 13.7. The van der Waals surface area contributed by atoms with Crippen molar-refractivity contribution in [3.05, 3.63) is 65.2 Å². The molecule has 3 unspecified atom stereocenters. The Bertz CT molecular complexity index is 570. The number of aliphatic hydroxyl groups excluding tert-OH is 1. The van der Waals surface area contributed by atoms with Crippen molar-refractivity contribution in [2.24, 2.45) is 0 Å². The second-order valence-electron chi connectivity index (χ2n) is 6.18.